The zero-order valence-electron chi connectivity index (χ0n) is 20.7. The van der Waals surface area contributed by atoms with Crippen molar-refractivity contribution in [3.05, 3.63) is 102 Å². The molecule has 2 atom stereocenters. The van der Waals surface area contributed by atoms with Crippen LogP contribution in [0.3, 0.4) is 0 Å². The molecule has 2 amide bonds. The number of amides is 2. The lowest BCUT2D eigenvalue weighted by molar-refractivity contribution is -0.142. The van der Waals surface area contributed by atoms with Crippen molar-refractivity contribution >= 4 is 28.7 Å². The third-order valence-electron chi connectivity index (χ3n) is 6.39. The summed E-state index contributed by atoms with van der Waals surface area (Å²) in [6.07, 6.45) is 2.07. The number of carbonyl (C=O) groups is 3. The molecule has 1 heterocycles. The average Bonchev–Trinajstić information content (AvgIpc) is 3.33. The Morgan fingerprint density at radius 2 is 1.70 bits per heavy atom. The lowest BCUT2D eigenvalue weighted by atomic mass is 10.0. The Morgan fingerprint density at radius 3 is 2.43 bits per heavy atom. The number of benzene rings is 3. The fourth-order valence-corrected chi connectivity index (χ4v) is 4.33. The van der Waals surface area contributed by atoms with Crippen molar-refractivity contribution in [1.29, 1.82) is 0 Å². The lowest BCUT2D eigenvalue weighted by Gasteiger charge is -2.29. The van der Waals surface area contributed by atoms with E-state index in [4.69, 9.17) is 4.74 Å². The summed E-state index contributed by atoms with van der Waals surface area (Å²) in [5, 5.41) is 13.5. The molecular weight excluding hydrogens is 470 g/mol. The highest BCUT2D eigenvalue weighted by Gasteiger charge is 2.31. The van der Waals surface area contributed by atoms with Crippen LogP contribution in [0.5, 0.6) is 5.75 Å². The molecule has 0 aliphatic heterocycles. The number of para-hydroxylation sites is 1. The summed E-state index contributed by atoms with van der Waals surface area (Å²) >= 11 is 0. The molecular formula is C29H29N3O5. The van der Waals surface area contributed by atoms with Crippen molar-refractivity contribution in [2.75, 3.05) is 14.2 Å². The van der Waals surface area contributed by atoms with Gasteiger partial charge in [0.1, 0.15) is 17.8 Å². The van der Waals surface area contributed by atoms with Crippen LogP contribution in [0, 0.1) is 0 Å². The van der Waals surface area contributed by atoms with Crippen LogP contribution in [0.1, 0.15) is 21.5 Å². The van der Waals surface area contributed by atoms with E-state index >= 15 is 0 Å². The van der Waals surface area contributed by atoms with E-state index in [1.165, 1.54) is 12.0 Å². The topological polar surface area (TPSA) is 112 Å². The van der Waals surface area contributed by atoms with Crippen LogP contribution in [0.25, 0.3) is 10.9 Å². The standard InChI is InChI=1S/C29H29N3O5/c1-32(28(34)20-11-8-12-22(16-20)37-2)26(15-19-9-4-3-5-10-19)27(33)31-25(29(35)36)17-21-18-30-24-14-7-6-13-23(21)24/h3-14,16,18,25-26,30H,15,17H2,1-2H3,(H,31,33)(H,35,36)/t25-,26+/m0/s1. The minimum absolute atomic E-state index is 0.0939. The fraction of sp³-hybridized carbons (Fsp3) is 0.207. The number of carbonyl (C=O) groups excluding carboxylic acids is 2. The van der Waals surface area contributed by atoms with E-state index in [1.807, 2.05) is 54.6 Å². The van der Waals surface area contributed by atoms with Crippen LogP contribution in [0.15, 0.2) is 85.1 Å². The first-order valence-electron chi connectivity index (χ1n) is 11.9. The number of methoxy groups -OCH3 is 1. The summed E-state index contributed by atoms with van der Waals surface area (Å²) in [7, 11) is 3.06. The molecule has 0 saturated heterocycles. The third kappa shape index (κ3) is 5.98. The Hall–Kier alpha value is -4.59. The number of likely N-dealkylation sites (N-methyl/N-ethyl adjacent to an activating group) is 1. The van der Waals surface area contributed by atoms with Crippen LogP contribution in [0.4, 0.5) is 0 Å². The zero-order chi connectivity index (χ0) is 26.4. The minimum Gasteiger partial charge on any atom is -0.497 e. The van der Waals surface area contributed by atoms with Crippen LogP contribution in [-0.2, 0) is 22.4 Å². The van der Waals surface area contributed by atoms with Gasteiger partial charge in [-0.15, -0.1) is 0 Å². The van der Waals surface area contributed by atoms with Gasteiger partial charge in [-0.1, -0.05) is 54.6 Å². The van der Waals surface area contributed by atoms with Gasteiger partial charge in [-0.2, -0.15) is 0 Å². The van der Waals surface area contributed by atoms with Crippen LogP contribution >= 0.6 is 0 Å². The second-order valence-corrected chi connectivity index (χ2v) is 8.82. The first-order valence-corrected chi connectivity index (χ1v) is 11.9. The van der Waals surface area contributed by atoms with Crippen molar-refractivity contribution in [2.24, 2.45) is 0 Å². The SMILES string of the molecule is COc1cccc(C(=O)N(C)[C@H](Cc2ccccc2)C(=O)N[C@@H](Cc2c[nH]c3ccccc23)C(=O)O)c1. The number of aromatic amines is 1. The number of aliphatic carboxylic acids is 1. The minimum atomic E-state index is -1.18. The van der Waals surface area contributed by atoms with Gasteiger partial charge < -0.3 is 25.0 Å². The molecule has 4 aromatic rings. The molecule has 0 fully saturated rings. The Morgan fingerprint density at radius 1 is 0.973 bits per heavy atom. The molecule has 0 spiro atoms. The smallest absolute Gasteiger partial charge is 0.326 e. The quantitative estimate of drug-likeness (QED) is 0.308. The number of carboxylic acid groups (broad SMARTS) is 1. The van der Waals surface area contributed by atoms with E-state index in [2.05, 4.69) is 10.3 Å². The molecule has 37 heavy (non-hydrogen) atoms. The molecule has 0 aliphatic carbocycles. The molecule has 4 rings (SSSR count). The molecule has 8 heteroatoms. The lowest BCUT2D eigenvalue weighted by Crippen LogP contribution is -2.53. The Kier molecular flexibility index (Phi) is 7.88. The van der Waals surface area contributed by atoms with Crippen molar-refractivity contribution < 1.29 is 24.2 Å². The molecule has 0 unspecified atom stereocenters. The molecule has 0 saturated carbocycles. The second-order valence-electron chi connectivity index (χ2n) is 8.82. The van der Waals surface area contributed by atoms with Crippen molar-refractivity contribution in [3.63, 3.8) is 0 Å². The number of nitrogens with zero attached hydrogens (tertiary/aromatic N) is 1. The van der Waals surface area contributed by atoms with Gasteiger partial charge in [0.05, 0.1) is 7.11 Å². The summed E-state index contributed by atoms with van der Waals surface area (Å²) in [6.45, 7) is 0. The van der Waals surface area contributed by atoms with Gasteiger partial charge in [0.15, 0.2) is 0 Å². The van der Waals surface area contributed by atoms with E-state index in [-0.39, 0.29) is 18.7 Å². The molecule has 8 nitrogen and oxygen atoms in total. The van der Waals surface area contributed by atoms with Gasteiger partial charge in [-0.3, -0.25) is 9.59 Å². The highest BCUT2D eigenvalue weighted by Crippen LogP contribution is 2.20. The summed E-state index contributed by atoms with van der Waals surface area (Å²) in [6, 6.07) is 21.5. The Balaban J connectivity index is 1.59. The molecule has 0 radical (unpaired) electrons. The van der Waals surface area contributed by atoms with Crippen molar-refractivity contribution in [1.82, 2.24) is 15.2 Å². The average molecular weight is 500 g/mol. The van der Waals surface area contributed by atoms with Gasteiger partial charge in [-0.25, -0.2) is 4.79 Å². The van der Waals surface area contributed by atoms with E-state index in [0.29, 0.717) is 11.3 Å². The molecule has 3 aromatic carbocycles. The molecule has 0 aliphatic rings. The first-order chi connectivity index (χ1) is 17.9. The first kappa shape index (κ1) is 25.5. The number of H-pyrrole nitrogens is 1. The highest BCUT2D eigenvalue weighted by atomic mass is 16.5. The second kappa shape index (κ2) is 11.4. The van der Waals surface area contributed by atoms with Crippen LogP contribution in [-0.4, -0.2) is 59.0 Å². The van der Waals surface area contributed by atoms with E-state index in [0.717, 1.165) is 22.0 Å². The normalized spacial score (nSPS) is 12.5. The number of nitrogens with one attached hydrogen (secondary N) is 2. The summed E-state index contributed by atoms with van der Waals surface area (Å²) < 4.78 is 5.23. The molecule has 1 aromatic heterocycles. The van der Waals surface area contributed by atoms with Gasteiger partial charge in [0, 0.05) is 42.6 Å². The summed E-state index contributed by atoms with van der Waals surface area (Å²) in [5.74, 6) is -1.56. The van der Waals surface area contributed by atoms with E-state index in [1.54, 1.807) is 37.5 Å². The van der Waals surface area contributed by atoms with Gasteiger partial charge >= 0.3 is 5.97 Å². The maximum Gasteiger partial charge on any atom is 0.326 e. The van der Waals surface area contributed by atoms with Gasteiger partial charge in [-0.05, 0) is 35.4 Å². The summed E-state index contributed by atoms with van der Waals surface area (Å²) in [4.78, 5) is 43.5. The highest BCUT2D eigenvalue weighted by molar-refractivity contribution is 5.98. The largest absolute Gasteiger partial charge is 0.497 e. The van der Waals surface area contributed by atoms with E-state index in [9.17, 15) is 19.5 Å². The Bertz CT molecular complexity index is 1400. The fourth-order valence-electron chi connectivity index (χ4n) is 4.33. The Labute approximate surface area is 214 Å². The predicted molar refractivity (Wildman–Crippen MR) is 141 cm³/mol. The number of hydrogen-bond donors (Lipinski definition) is 3. The number of rotatable bonds is 10. The number of aromatic nitrogens is 1. The molecule has 3 N–H and O–H groups in total. The van der Waals surface area contributed by atoms with Gasteiger partial charge in [0.2, 0.25) is 5.91 Å². The van der Waals surface area contributed by atoms with Gasteiger partial charge in [0.25, 0.3) is 5.91 Å². The molecule has 190 valence electrons. The third-order valence-corrected chi connectivity index (χ3v) is 6.39. The molecule has 0 bridgehead atoms. The number of hydrogen-bond acceptors (Lipinski definition) is 4. The number of fused-ring (bicyclic) bond motifs is 1. The summed E-state index contributed by atoms with van der Waals surface area (Å²) in [5.41, 5.74) is 2.87. The van der Waals surface area contributed by atoms with Crippen LogP contribution < -0.4 is 10.1 Å². The van der Waals surface area contributed by atoms with E-state index < -0.39 is 24.0 Å². The maximum atomic E-state index is 13.6. The van der Waals surface area contributed by atoms with Crippen molar-refractivity contribution in [2.45, 2.75) is 24.9 Å². The maximum absolute atomic E-state index is 13.6. The number of ether oxygens (including phenoxy) is 1. The predicted octanol–water partition coefficient (Wildman–Crippen LogP) is 3.67. The monoisotopic (exact) mass is 499 g/mol. The van der Waals surface area contributed by atoms with Crippen LogP contribution in [0.2, 0.25) is 0 Å². The zero-order valence-corrected chi connectivity index (χ0v) is 20.7. The number of carboxylic acids is 1. The van der Waals surface area contributed by atoms with Crippen molar-refractivity contribution in [3.8, 4) is 5.75 Å².